The van der Waals surface area contributed by atoms with E-state index in [1.165, 1.54) is 42.6 Å². The maximum Gasteiger partial charge on any atom is -0.00169 e. The lowest BCUT2D eigenvalue weighted by Gasteiger charge is -2.37. The minimum atomic E-state index is 0.372. The van der Waals surface area contributed by atoms with Gasteiger partial charge in [-0.1, -0.05) is 24.3 Å². The molecule has 0 heterocycles. The highest BCUT2D eigenvalue weighted by atomic mass is 32.2. The average Bonchev–Trinajstić information content (AvgIpc) is 2.36. The molecule has 2 N–H and O–H groups in total. The lowest BCUT2D eigenvalue weighted by Crippen LogP contribution is -2.37. The van der Waals surface area contributed by atoms with E-state index in [9.17, 15) is 0 Å². The molecule has 0 aromatic heterocycles. The molecule has 1 atom stereocenters. The molecule has 0 saturated carbocycles. The zero-order chi connectivity index (χ0) is 11.4. The lowest BCUT2D eigenvalue weighted by atomic mass is 9.70. The third-order valence-corrected chi connectivity index (χ3v) is 4.49. The van der Waals surface area contributed by atoms with E-state index in [1.807, 2.05) is 11.8 Å². The predicted molar refractivity (Wildman–Crippen MR) is 73.0 cm³/mol. The minimum Gasteiger partial charge on any atom is -0.330 e. The number of aryl methyl sites for hydroxylation is 1. The van der Waals surface area contributed by atoms with Crippen LogP contribution in [0.15, 0.2) is 24.3 Å². The number of nitrogens with two attached hydrogens (primary N) is 1. The number of hydrogen-bond donors (Lipinski definition) is 1. The molecule has 1 aromatic carbocycles. The molecule has 16 heavy (non-hydrogen) atoms. The van der Waals surface area contributed by atoms with Gasteiger partial charge in [-0.05, 0) is 60.8 Å². The number of rotatable bonds is 4. The van der Waals surface area contributed by atoms with E-state index >= 15 is 0 Å². The van der Waals surface area contributed by atoms with Gasteiger partial charge in [0.25, 0.3) is 0 Å². The summed E-state index contributed by atoms with van der Waals surface area (Å²) in [7, 11) is 0. The zero-order valence-electron chi connectivity index (χ0n) is 10.0. The summed E-state index contributed by atoms with van der Waals surface area (Å²) in [5.74, 6) is 1.24. The summed E-state index contributed by atoms with van der Waals surface area (Å²) in [5, 5.41) is 0. The van der Waals surface area contributed by atoms with Gasteiger partial charge in [-0.3, -0.25) is 0 Å². The molecule has 0 amide bonds. The van der Waals surface area contributed by atoms with E-state index in [4.69, 9.17) is 5.73 Å². The van der Waals surface area contributed by atoms with Crippen LogP contribution in [0.3, 0.4) is 0 Å². The second-order valence-corrected chi connectivity index (χ2v) is 5.88. The van der Waals surface area contributed by atoms with E-state index in [0.29, 0.717) is 5.41 Å². The normalized spacial score (nSPS) is 24.1. The fraction of sp³-hybridized carbons (Fsp3) is 0.571. The molecule has 0 spiro atoms. The summed E-state index contributed by atoms with van der Waals surface area (Å²) < 4.78 is 0. The SMILES string of the molecule is CSCCC1(CN)CCc2ccccc2C1. The van der Waals surface area contributed by atoms with Crippen LogP contribution in [0.4, 0.5) is 0 Å². The summed E-state index contributed by atoms with van der Waals surface area (Å²) in [6.45, 7) is 0.835. The molecular weight excluding hydrogens is 214 g/mol. The van der Waals surface area contributed by atoms with Gasteiger partial charge >= 0.3 is 0 Å². The van der Waals surface area contributed by atoms with Gasteiger partial charge in [0.2, 0.25) is 0 Å². The summed E-state index contributed by atoms with van der Waals surface area (Å²) in [4.78, 5) is 0. The summed E-state index contributed by atoms with van der Waals surface area (Å²) >= 11 is 1.93. The quantitative estimate of drug-likeness (QED) is 0.868. The Morgan fingerprint density at radius 1 is 1.31 bits per heavy atom. The maximum atomic E-state index is 6.03. The van der Waals surface area contributed by atoms with Crippen molar-refractivity contribution in [2.45, 2.75) is 25.7 Å². The number of thioether (sulfide) groups is 1. The number of hydrogen-bond acceptors (Lipinski definition) is 2. The highest BCUT2D eigenvalue weighted by Gasteiger charge is 2.32. The van der Waals surface area contributed by atoms with Crippen molar-refractivity contribution in [2.75, 3.05) is 18.6 Å². The molecule has 2 rings (SSSR count). The Morgan fingerprint density at radius 2 is 2.06 bits per heavy atom. The van der Waals surface area contributed by atoms with Crippen molar-refractivity contribution in [3.05, 3.63) is 35.4 Å². The van der Waals surface area contributed by atoms with Crippen LogP contribution in [-0.4, -0.2) is 18.6 Å². The third kappa shape index (κ3) is 2.44. The van der Waals surface area contributed by atoms with Crippen LogP contribution in [0.1, 0.15) is 24.0 Å². The second-order valence-electron chi connectivity index (χ2n) is 4.89. The minimum absolute atomic E-state index is 0.372. The van der Waals surface area contributed by atoms with E-state index in [0.717, 1.165) is 6.54 Å². The molecule has 88 valence electrons. The third-order valence-electron chi connectivity index (χ3n) is 3.88. The smallest absolute Gasteiger partial charge is 0.00169 e. The van der Waals surface area contributed by atoms with Gasteiger partial charge in [0.05, 0.1) is 0 Å². The van der Waals surface area contributed by atoms with Crippen LogP contribution in [-0.2, 0) is 12.8 Å². The Balaban J connectivity index is 2.15. The van der Waals surface area contributed by atoms with Crippen molar-refractivity contribution in [1.82, 2.24) is 0 Å². The first-order valence-electron chi connectivity index (χ1n) is 6.05. The molecular formula is C14H21NS. The van der Waals surface area contributed by atoms with Crippen molar-refractivity contribution in [1.29, 1.82) is 0 Å². The van der Waals surface area contributed by atoms with E-state index in [1.54, 1.807) is 0 Å². The van der Waals surface area contributed by atoms with Crippen LogP contribution >= 0.6 is 11.8 Å². The first-order valence-corrected chi connectivity index (χ1v) is 7.45. The largest absolute Gasteiger partial charge is 0.330 e. The molecule has 0 aliphatic heterocycles. The topological polar surface area (TPSA) is 26.0 Å². The van der Waals surface area contributed by atoms with Crippen LogP contribution in [0.25, 0.3) is 0 Å². The fourth-order valence-corrected chi connectivity index (χ4v) is 3.31. The predicted octanol–water partition coefficient (Wildman–Crippen LogP) is 2.87. The summed E-state index contributed by atoms with van der Waals surface area (Å²) in [6, 6.07) is 8.85. The molecule has 0 bridgehead atoms. The molecule has 1 aliphatic rings. The van der Waals surface area contributed by atoms with Crippen LogP contribution in [0.2, 0.25) is 0 Å². The van der Waals surface area contributed by atoms with Gasteiger partial charge in [0.15, 0.2) is 0 Å². The lowest BCUT2D eigenvalue weighted by molar-refractivity contribution is 0.248. The van der Waals surface area contributed by atoms with Gasteiger partial charge in [-0.15, -0.1) is 0 Å². The zero-order valence-corrected chi connectivity index (χ0v) is 10.9. The Kier molecular flexibility index (Phi) is 3.93. The molecule has 1 aliphatic carbocycles. The first-order chi connectivity index (χ1) is 7.79. The molecule has 0 fully saturated rings. The van der Waals surface area contributed by atoms with E-state index in [-0.39, 0.29) is 0 Å². The van der Waals surface area contributed by atoms with Crippen molar-refractivity contribution < 1.29 is 0 Å². The van der Waals surface area contributed by atoms with Crippen molar-refractivity contribution in [3.63, 3.8) is 0 Å². The molecule has 1 nitrogen and oxygen atoms in total. The Labute approximate surface area is 103 Å². The molecule has 1 aromatic rings. The molecule has 2 heteroatoms. The monoisotopic (exact) mass is 235 g/mol. The van der Waals surface area contributed by atoms with E-state index in [2.05, 4.69) is 30.5 Å². The van der Waals surface area contributed by atoms with Crippen LogP contribution < -0.4 is 5.73 Å². The average molecular weight is 235 g/mol. The fourth-order valence-electron chi connectivity index (χ4n) is 2.67. The van der Waals surface area contributed by atoms with Gasteiger partial charge < -0.3 is 5.73 Å². The van der Waals surface area contributed by atoms with Gasteiger partial charge in [0.1, 0.15) is 0 Å². The van der Waals surface area contributed by atoms with Crippen molar-refractivity contribution in [3.8, 4) is 0 Å². The highest BCUT2D eigenvalue weighted by Crippen LogP contribution is 2.38. The van der Waals surface area contributed by atoms with Crippen molar-refractivity contribution in [2.24, 2.45) is 11.1 Å². The number of benzene rings is 1. The van der Waals surface area contributed by atoms with Gasteiger partial charge in [0, 0.05) is 0 Å². The maximum absolute atomic E-state index is 6.03. The van der Waals surface area contributed by atoms with Gasteiger partial charge in [-0.2, -0.15) is 11.8 Å². The Hall–Kier alpha value is -0.470. The first kappa shape index (κ1) is 12.0. The van der Waals surface area contributed by atoms with Gasteiger partial charge in [-0.25, -0.2) is 0 Å². The summed E-state index contributed by atoms with van der Waals surface area (Å²) in [6.07, 6.45) is 7.10. The van der Waals surface area contributed by atoms with Crippen LogP contribution in [0.5, 0.6) is 0 Å². The molecule has 0 radical (unpaired) electrons. The molecule has 0 saturated heterocycles. The Bertz CT molecular complexity index is 350. The van der Waals surface area contributed by atoms with Crippen molar-refractivity contribution >= 4 is 11.8 Å². The molecule has 1 unspecified atom stereocenters. The van der Waals surface area contributed by atoms with Crippen LogP contribution in [0, 0.1) is 5.41 Å². The summed E-state index contributed by atoms with van der Waals surface area (Å²) in [5.41, 5.74) is 9.47. The standard InChI is InChI=1S/C14H21NS/c1-16-9-8-14(11-15)7-6-12-4-2-3-5-13(12)10-14/h2-5H,6-11,15H2,1H3. The number of fused-ring (bicyclic) bond motifs is 1. The second kappa shape index (κ2) is 5.24. The highest BCUT2D eigenvalue weighted by molar-refractivity contribution is 7.98. The van der Waals surface area contributed by atoms with E-state index < -0.39 is 0 Å². The Morgan fingerprint density at radius 3 is 2.75 bits per heavy atom.